The minimum atomic E-state index is -0.690. The second-order valence-corrected chi connectivity index (χ2v) is 8.21. The van der Waals surface area contributed by atoms with Gasteiger partial charge in [-0.05, 0) is 85.3 Å². The molecule has 0 spiro atoms. The Morgan fingerprint density at radius 1 is 0.938 bits per heavy atom. The van der Waals surface area contributed by atoms with Crippen LogP contribution in [0.1, 0.15) is 41.3 Å². The molecule has 0 bridgehead atoms. The minimum absolute atomic E-state index is 0.105. The number of phenolic OH excluding ortho intramolecular Hbond substituents is 2. The summed E-state index contributed by atoms with van der Waals surface area (Å²) in [7, 11) is 0. The maximum atomic E-state index is 13.1. The molecule has 164 valence electrons. The van der Waals surface area contributed by atoms with E-state index in [1.165, 1.54) is 12.1 Å². The van der Waals surface area contributed by atoms with E-state index in [1.54, 1.807) is 18.2 Å². The molecule has 3 aromatic carbocycles. The molecular formula is C26H26N2O4. The van der Waals surface area contributed by atoms with Gasteiger partial charge in [0.05, 0.1) is 5.41 Å². The van der Waals surface area contributed by atoms with Gasteiger partial charge in [0, 0.05) is 17.8 Å². The van der Waals surface area contributed by atoms with E-state index in [1.807, 2.05) is 44.2 Å². The van der Waals surface area contributed by atoms with Crippen molar-refractivity contribution in [1.82, 2.24) is 5.32 Å². The molecule has 0 saturated heterocycles. The number of hydrogen-bond donors (Lipinski definition) is 4. The van der Waals surface area contributed by atoms with Crippen LogP contribution in [0.15, 0.2) is 60.7 Å². The van der Waals surface area contributed by atoms with E-state index >= 15 is 0 Å². The van der Waals surface area contributed by atoms with Crippen molar-refractivity contribution >= 4 is 17.5 Å². The number of benzene rings is 3. The number of anilines is 1. The van der Waals surface area contributed by atoms with Crippen LogP contribution in [-0.2, 0) is 10.2 Å². The van der Waals surface area contributed by atoms with Gasteiger partial charge in [-0.15, -0.1) is 0 Å². The molecule has 0 aliphatic heterocycles. The molecule has 2 amide bonds. The number of carbonyl (C=O) groups excluding carboxylic acids is 2. The van der Waals surface area contributed by atoms with Crippen LogP contribution in [0.5, 0.6) is 11.5 Å². The van der Waals surface area contributed by atoms with Crippen molar-refractivity contribution in [3.8, 4) is 22.6 Å². The summed E-state index contributed by atoms with van der Waals surface area (Å²) in [5.74, 6) is -0.669. The molecule has 4 rings (SSSR count). The lowest BCUT2D eigenvalue weighted by Gasteiger charge is -2.17. The van der Waals surface area contributed by atoms with Crippen molar-refractivity contribution in [2.75, 3.05) is 11.9 Å². The topological polar surface area (TPSA) is 98.7 Å². The summed E-state index contributed by atoms with van der Waals surface area (Å²) in [4.78, 5) is 25.1. The van der Waals surface area contributed by atoms with E-state index in [2.05, 4.69) is 10.6 Å². The quantitative estimate of drug-likeness (QED) is 0.433. The highest BCUT2D eigenvalue weighted by atomic mass is 16.3. The summed E-state index contributed by atoms with van der Waals surface area (Å²) in [5, 5.41) is 25.2. The molecule has 0 aromatic heterocycles. The van der Waals surface area contributed by atoms with E-state index in [0.29, 0.717) is 36.2 Å². The zero-order chi connectivity index (χ0) is 22.9. The molecule has 4 N–H and O–H groups in total. The smallest absolute Gasteiger partial charge is 0.251 e. The first-order valence-corrected chi connectivity index (χ1v) is 10.7. The normalized spacial score (nSPS) is 13.9. The minimum Gasteiger partial charge on any atom is -0.504 e. The van der Waals surface area contributed by atoms with Crippen molar-refractivity contribution in [3.63, 3.8) is 0 Å². The third-order valence-electron chi connectivity index (χ3n) is 6.00. The maximum Gasteiger partial charge on any atom is 0.251 e. The molecular weight excluding hydrogens is 404 g/mol. The molecule has 0 radical (unpaired) electrons. The van der Waals surface area contributed by atoms with E-state index in [-0.39, 0.29) is 23.3 Å². The Kier molecular flexibility index (Phi) is 5.61. The predicted octanol–water partition coefficient (Wildman–Crippen LogP) is 4.49. The lowest BCUT2D eigenvalue weighted by molar-refractivity contribution is -0.118. The number of amides is 2. The van der Waals surface area contributed by atoms with Gasteiger partial charge in [0.15, 0.2) is 11.5 Å². The summed E-state index contributed by atoms with van der Waals surface area (Å²) >= 11 is 0. The van der Waals surface area contributed by atoms with Crippen LogP contribution in [-0.4, -0.2) is 28.6 Å². The standard InChI is InChI=1S/C26H26N2O4/c1-3-27-24(31)18-7-5-17(6-8-18)21-15-20(10-4-16(21)2)28-25(32)26(12-13-26)19-9-11-22(29)23(30)14-19/h4-11,14-15,29-30H,3,12-13H2,1-2H3,(H,27,31)(H,28,32). The fourth-order valence-corrected chi connectivity index (χ4v) is 3.92. The largest absolute Gasteiger partial charge is 0.504 e. The molecule has 6 heteroatoms. The Morgan fingerprint density at radius 3 is 2.28 bits per heavy atom. The number of aryl methyl sites for hydroxylation is 1. The molecule has 1 aliphatic rings. The van der Waals surface area contributed by atoms with Crippen LogP contribution in [0.4, 0.5) is 5.69 Å². The average molecular weight is 431 g/mol. The fourth-order valence-electron chi connectivity index (χ4n) is 3.92. The van der Waals surface area contributed by atoms with Crippen LogP contribution in [0.25, 0.3) is 11.1 Å². The lowest BCUT2D eigenvalue weighted by Crippen LogP contribution is -2.27. The van der Waals surface area contributed by atoms with Crippen LogP contribution >= 0.6 is 0 Å². The predicted molar refractivity (Wildman–Crippen MR) is 124 cm³/mol. The van der Waals surface area contributed by atoms with Gasteiger partial charge in [0.2, 0.25) is 5.91 Å². The van der Waals surface area contributed by atoms with Crippen LogP contribution < -0.4 is 10.6 Å². The van der Waals surface area contributed by atoms with Crippen molar-refractivity contribution in [2.45, 2.75) is 32.1 Å². The lowest BCUT2D eigenvalue weighted by atomic mass is 9.94. The molecule has 1 saturated carbocycles. The molecule has 3 aromatic rings. The number of rotatable bonds is 6. The Hall–Kier alpha value is -3.80. The number of aromatic hydroxyl groups is 2. The van der Waals surface area contributed by atoms with Crippen molar-refractivity contribution < 1.29 is 19.8 Å². The highest BCUT2D eigenvalue weighted by Crippen LogP contribution is 2.50. The third kappa shape index (κ3) is 4.04. The first kappa shape index (κ1) is 21.4. The molecule has 1 aliphatic carbocycles. The van der Waals surface area contributed by atoms with E-state index in [0.717, 1.165) is 16.7 Å². The molecule has 6 nitrogen and oxygen atoms in total. The highest BCUT2D eigenvalue weighted by Gasteiger charge is 2.51. The van der Waals surface area contributed by atoms with Crippen LogP contribution in [0.3, 0.4) is 0 Å². The summed E-state index contributed by atoms with van der Waals surface area (Å²) in [5.41, 5.74) is 4.26. The Labute approximate surface area is 186 Å². The Morgan fingerprint density at radius 2 is 1.66 bits per heavy atom. The molecule has 0 unspecified atom stereocenters. The van der Waals surface area contributed by atoms with Gasteiger partial charge in [-0.2, -0.15) is 0 Å². The Balaban J connectivity index is 1.56. The highest BCUT2D eigenvalue weighted by molar-refractivity contribution is 6.02. The van der Waals surface area contributed by atoms with Gasteiger partial charge in [0.25, 0.3) is 5.91 Å². The first-order valence-electron chi connectivity index (χ1n) is 10.7. The van der Waals surface area contributed by atoms with Crippen molar-refractivity contribution in [1.29, 1.82) is 0 Å². The van der Waals surface area contributed by atoms with Gasteiger partial charge >= 0.3 is 0 Å². The summed E-state index contributed by atoms with van der Waals surface area (Å²) < 4.78 is 0. The number of phenols is 2. The second kappa shape index (κ2) is 8.38. The SMILES string of the molecule is CCNC(=O)c1ccc(-c2cc(NC(=O)C3(c4ccc(O)c(O)c4)CC3)ccc2C)cc1. The maximum absolute atomic E-state index is 13.1. The second-order valence-electron chi connectivity index (χ2n) is 8.21. The van der Waals surface area contributed by atoms with Gasteiger partial charge in [0.1, 0.15) is 0 Å². The van der Waals surface area contributed by atoms with E-state index in [9.17, 15) is 19.8 Å². The van der Waals surface area contributed by atoms with Gasteiger partial charge in [-0.1, -0.05) is 24.3 Å². The fraction of sp³-hybridized carbons (Fsp3) is 0.231. The van der Waals surface area contributed by atoms with Gasteiger partial charge < -0.3 is 20.8 Å². The summed E-state index contributed by atoms with van der Waals surface area (Å²) in [6, 6.07) is 17.7. The summed E-state index contributed by atoms with van der Waals surface area (Å²) in [6.45, 7) is 4.46. The number of hydrogen-bond acceptors (Lipinski definition) is 4. The third-order valence-corrected chi connectivity index (χ3v) is 6.00. The van der Waals surface area contributed by atoms with E-state index < -0.39 is 5.41 Å². The van der Waals surface area contributed by atoms with Crippen LogP contribution in [0.2, 0.25) is 0 Å². The molecule has 1 fully saturated rings. The van der Waals surface area contributed by atoms with Crippen molar-refractivity contribution in [3.05, 3.63) is 77.4 Å². The molecule has 0 atom stereocenters. The van der Waals surface area contributed by atoms with Crippen LogP contribution in [0, 0.1) is 6.92 Å². The zero-order valence-corrected chi connectivity index (χ0v) is 18.1. The number of carbonyl (C=O) groups is 2. The summed E-state index contributed by atoms with van der Waals surface area (Å²) in [6.07, 6.45) is 1.37. The van der Waals surface area contributed by atoms with Gasteiger partial charge in [-0.3, -0.25) is 9.59 Å². The monoisotopic (exact) mass is 430 g/mol. The molecule has 0 heterocycles. The van der Waals surface area contributed by atoms with Crippen molar-refractivity contribution in [2.24, 2.45) is 0 Å². The van der Waals surface area contributed by atoms with E-state index in [4.69, 9.17) is 0 Å². The number of nitrogens with one attached hydrogen (secondary N) is 2. The Bertz CT molecular complexity index is 1180. The first-order chi connectivity index (χ1) is 15.3. The average Bonchev–Trinajstić information content (AvgIpc) is 3.59. The molecule has 32 heavy (non-hydrogen) atoms. The zero-order valence-electron chi connectivity index (χ0n) is 18.1. The van der Waals surface area contributed by atoms with Gasteiger partial charge in [-0.25, -0.2) is 0 Å².